The molecule has 2 aliphatic rings. The van der Waals surface area contributed by atoms with E-state index in [1.54, 1.807) is 0 Å². The Bertz CT molecular complexity index is 189. The second-order valence-electron chi connectivity index (χ2n) is 5.28. The van der Waals surface area contributed by atoms with Gasteiger partial charge < -0.3 is 0 Å². The Labute approximate surface area is 100 Å². The monoisotopic (exact) mass is 225 g/mol. The molecule has 0 aromatic heterocycles. The topological polar surface area (TPSA) is 9.72 Å². The lowest BCUT2D eigenvalue weighted by Gasteiger charge is -2.46. The average molecular weight is 225 g/mol. The Kier molecular flexibility index (Phi) is 4.62. The fraction of sp³-hybridized carbons (Fsp3) is 1.00. The van der Waals surface area contributed by atoms with Crippen molar-refractivity contribution in [3.8, 4) is 0 Å². The van der Waals surface area contributed by atoms with E-state index in [0.29, 0.717) is 0 Å². The van der Waals surface area contributed by atoms with Crippen LogP contribution in [-0.2, 0) is 0 Å². The minimum atomic E-state index is 0.858. The van der Waals surface area contributed by atoms with Gasteiger partial charge in [-0.15, -0.1) is 0 Å². The van der Waals surface area contributed by atoms with Gasteiger partial charge in [0, 0.05) is 6.04 Å². The molecule has 1 saturated heterocycles. The van der Waals surface area contributed by atoms with Crippen LogP contribution < -0.4 is 0 Å². The van der Waals surface area contributed by atoms with Crippen LogP contribution in [0.3, 0.4) is 0 Å². The normalized spacial score (nSPS) is 27.4. The van der Waals surface area contributed by atoms with E-state index >= 15 is 0 Å². The molecular formula is C13H27N3. The third-order valence-electron chi connectivity index (χ3n) is 4.15. The zero-order valence-electron chi connectivity index (χ0n) is 11.0. The summed E-state index contributed by atoms with van der Waals surface area (Å²) in [6.45, 7) is 10.5. The van der Waals surface area contributed by atoms with Crippen molar-refractivity contribution >= 4 is 0 Å². The second-order valence-corrected chi connectivity index (χ2v) is 5.28. The maximum Gasteiger partial charge on any atom is 0.0532 e. The highest BCUT2D eigenvalue weighted by Gasteiger charge is 2.27. The van der Waals surface area contributed by atoms with Crippen molar-refractivity contribution in [2.75, 3.05) is 33.1 Å². The van der Waals surface area contributed by atoms with Crippen LogP contribution in [-0.4, -0.2) is 53.8 Å². The third-order valence-corrected chi connectivity index (χ3v) is 4.15. The Morgan fingerprint density at radius 3 is 1.88 bits per heavy atom. The molecule has 0 amide bonds. The van der Waals surface area contributed by atoms with Crippen molar-refractivity contribution in [3.63, 3.8) is 0 Å². The third kappa shape index (κ3) is 2.96. The van der Waals surface area contributed by atoms with E-state index in [9.17, 15) is 0 Å². The van der Waals surface area contributed by atoms with E-state index < -0.39 is 0 Å². The summed E-state index contributed by atoms with van der Waals surface area (Å²) in [5, 5.41) is 0. The lowest BCUT2D eigenvalue weighted by Crippen LogP contribution is -2.57. The van der Waals surface area contributed by atoms with Gasteiger partial charge >= 0.3 is 0 Å². The van der Waals surface area contributed by atoms with Crippen LogP contribution >= 0.6 is 0 Å². The molecule has 1 aliphatic carbocycles. The fourth-order valence-electron chi connectivity index (χ4n) is 3.01. The molecule has 0 atom stereocenters. The summed E-state index contributed by atoms with van der Waals surface area (Å²) in [4.78, 5) is 7.82. The zero-order chi connectivity index (χ0) is 11.4. The first-order chi connectivity index (χ1) is 7.83. The fourth-order valence-corrected chi connectivity index (χ4v) is 3.01. The largest absolute Gasteiger partial charge is 0.278 e. The summed E-state index contributed by atoms with van der Waals surface area (Å²) >= 11 is 0. The molecule has 0 aromatic carbocycles. The van der Waals surface area contributed by atoms with Crippen LogP contribution in [0.5, 0.6) is 0 Å². The van der Waals surface area contributed by atoms with Gasteiger partial charge in [0.15, 0.2) is 0 Å². The summed E-state index contributed by atoms with van der Waals surface area (Å²) in [5.74, 6) is 0. The Hall–Kier alpha value is -0.120. The Morgan fingerprint density at radius 1 is 0.812 bits per heavy atom. The number of hydrogen-bond acceptors (Lipinski definition) is 3. The first-order valence-corrected chi connectivity index (χ1v) is 7.02. The van der Waals surface area contributed by atoms with Gasteiger partial charge in [0.25, 0.3) is 0 Å². The molecule has 1 aliphatic heterocycles. The van der Waals surface area contributed by atoms with Crippen LogP contribution in [0.2, 0.25) is 0 Å². The molecule has 2 rings (SSSR count). The molecule has 0 unspecified atom stereocenters. The second kappa shape index (κ2) is 5.99. The lowest BCUT2D eigenvalue weighted by molar-refractivity contribution is -0.0526. The minimum Gasteiger partial charge on any atom is -0.278 e. The summed E-state index contributed by atoms with van der Waals surface area (Å²) in [7, 11) is 0. The molecular weight excluding hydrogens is 198 g/mol. The van der Waals surface area contributed by atoms with Crippen LogP contribution in [0.4, 0.5) is 0 Å². The van der Waals surface area contributed by atoms with Gasteiger partial charge in [-0.25, -0.2) is 0 Å². The van der Waals surface area contributed by atoms with Crippen molar-refractivity contribution < 1.29 is 0 Å². The van der Waals surface area contributed by atoms with E-state index in [4.69, 9.17) is 0 Å². The maximum absolute atomic E-state index is 2.70. The molecule has 1 heterocycles. The highest BCUT2D eigenvalue weighted by atomic mass is 15.5. The van der Waals surface area contributed by atoms with Gasteiger partial charge in [-0.3, -0.25) is 14.7 Å². The molecule has 0 radical (unpaired) electrons. The maximum atomic E-state index is 2.70. The molecule has 2 fully saturated rings. The predicted octanol–water partition coefficient (Wildman–Crippen LogP) is 2.15. The van der Waals surface area contributed by atoms with Crippen molar-refractivity contribution in [3.05, 3.63) is 0 Å². The molecule has 16 heavy (non-hydrogen) atoms. The molecule has 3 nitrogen and oxygen atoms in total. The summed E-state index contributed by atoms with van der Waals surface area (Å²) in [6.07, 6.45) is 7.20. The first-order valence-electron chi connectivity index (χ1n) is 7.02. The SMILES string of the molecule is CCN1CN(CC)CN(C2CCCCC2)C1. The van der Waals surface area contributed by atoms with Crippen LogP contribution in [0.25, 0.3) is 0 Å². The number of hydrogen-bond donors (Lipinski definition) is 0. The first kappa shape index (κ1) is 12.3. The summed E-state index contributed by atoms with van der Waals surface area (Å²) in [6, 6.07) is 0.858. The highest BCUT2D eigenvalue weighted by Crippen LogP contribution is 2.24. The van der Waals surface area contributed by atoms with Gasteiger partial charge in [-0.05, 0) is 25.9 Å². The van der Waals surface area contributed by atoms with Gasteiger partial charge in [0.1, 0.15) is 0 Å². The van der Waals surface area contributed by atoms with Crippen LogP contribution in [0.1, 0.15) is 46.0 Å². The molecule has 1 saturated carbocycles. The summed E-state index contributed by atoms with van der Waals surface area (Å²) in [5.41, 5.74) is 0. The lowest BCUT2D eigenvalue weighted by atomic mass is 9.94. The minimum absolute atomic E-state index is 0.858. The number of rotatable bonds is 3. The smallest absolute Gasteiger partial charge is 0.0532 e. The molecule has 0 aromatic rings. The molecule has 3 heteroatoms. The van der Waals surface area contributed by atoms with E-state index in [2.05, 4.69) is 28.5 Å². The van der Waals surface area contributed by atoms with Crippen molar-refractivity contribution in [1.29, 1.82) is 0 Å². The molecule has 94 valence electrons. The van der Waals surface area contributed by atoms with Crippen molar-refractivity contribution in [2.24, 2.45) is 0 Å². The van der Waals surface area contributed by atoms with Crippen LogP contribution in [0, 0.1) is 0 Å². The summed E-state index contributed by atoms with van der Waals surface area (Å²) < 4.78 is 0. The van der Waals surface area contributed by atoms with Gasteiger partial charge in [0.05, 0.1) is 20.0 Å². The average Bonchev–Trinajstić information content (AvgIpc) is 2.39. The highest BCUT2D eigenvalue weighted by molar-refractivity contribution is 4.78. The van der Waals surface area contributed by atoms with E-state index in [1.165, 1.54) is 58.5 Å². The van der Waals surface area contributed by atoms with Gasteiger partial charge in [-0.1, -0.05) is 33.1 Å². The number of nitrogens with zero attached hydrogens (tertiary/aromatic N) is 3. The Morgan fingerprint density at radius 2 is 1.38 bits per heavy atom. The van der Waals surface area contributed by atoms with E-state index in [-0.39, 0.29) is 0 Å². The predicted molar refractivity (Wildman–Crippen MR) is 68.1 cm³/mol. The van der Waals surface area contributed by atoms with E-state index in [0.717, 1.165) is 12.7 Å². The standard InChI is InChI=1S/C13H27N3/c1-3-14-10-15(4-2)12-16(11-14)13-8-6-5-7-9-13/h13H,3-12H2,1-2H3. The molecule has 0 spiro atoms. The molecule has 0 bridgehead atoms. The van der Waals surface area contributed by atoms with Crippen molar-refractivity contribution in [2.45, 2.75) is 52.0 Å². The van der Waals surface area contributed by atoms with Crippen molar-refractivity contribution in [1.82, 2.24) is 14.7 Å². The van der Waals surface area contributed by atoms with E-state index in [1.807, 2.05) is 0 Å². The molecule has 0 N–H and O–H groups in total. The van der Waals surface area contributed by atoms with Gasteiger partial charge in [0.2, 0.25) is 0 Å². The quantitative estimate of drug-likeness (QED) is 0.729. The van der Waals surface area contributed by atoms with Gasteiger partial charge in [-0.2, -0.15) is 0 Å². The Balaban J connectivity index is 1.91. The zero-order valence-corrected chi connectivity index (χ0v) is 11.0. The van der Waals surface area contributed by atoms with Crippen LogP contribution in [0.15, 0.2) is 0 Å².